The summed E-state index contributed by atoms with van der Waals surface area (Å²) in [6.07, 6.45) is 4.18. The zero-order valence-electron chi connectivity index (χ0n) is 11.8. The summed E-state index contributed by atoms with van der Waals surface area (Å²) in [6, 6.07) is 0. The van der Waals surface area contributed by atoms with Crippen LogP contribution in [-0.2, 0) is 14.3 Å². The molecule has 1 atom stereocenters. The molecule has 5 nitrogen and oxygen atoms in total. The molecule has 1 aliphatic heterocycles. The van der Waals surface area contributed by atoms with Gasteiger partial charge in [-0.3, -0.25) is 9.59 Å². The van der Waals surface area contributed by atoms with Crippen LogP contribution in [0.15, 0.2) is 0 Å². The van der Waals surface area contributed by atoms with Gasteiger partial charge in [0.1, 0.15) is 0 Å². The van der Waals surface area contributed by atoms with E-state index >= 15 is 0 Å². The molecular formula is C14H23NO4. The number of nitrogens with zero attached hydrogens (tertiary/aromatic N) is 1. The molecule has 108 valence electrons. The van der Waals surface area contributed by atoms with Gasteiger partial charge in [0.2, 0.25) is 5.91 Å². The minimum atomic E-state index is -0.806. The lowest BCUT2D eigenvalue weighted by Crippen LogP contribution is -2.56. The first kappa shape index (κ1) is 14.3. The summed E-state index contributed by atoms with van der Waals surface area (Å²) in [6.45, 7) is 3.18. The average molecular weight is 269 g/mol. The van der Waals surface area contributed by atoms with E-state index in [-0.39, 0.29) is 11.3 Å². The molecule has 0 aromatic heterocycles. The number of hydrogen-bond donors (Lipinski definition) is 1. The Bertz CT molecular complexity index is 378. The molecule has 1 saturated heterocycles. The predicted octanol–water partition coefficient (Wildman–Crippen LogP) is 1.52. The molecule has 1 amide bonds. The number of hydrogen-bond acceptors (Lipinski definition) is 3. The van der Waals surface area contributed by atoms with Crippen LogP contribution < -0.4 is 0 Å². The summed E-state index contributed by atoms with van der Waals surface area (Å²) >= 11 is 0. The molecule has 0 spiro atoms. The molecule has 1 saturated carbocycles. The van der Waals surface area contributed by atoms with E-state index in [0.717, 1.165) is 25.7 Å². The molecule has 0 bridgehead atoms. The number of piperidine rings is 1. The highest BCUT2D eigenvalue weighted by atomic mass is 16.5. The molecule has 1 N–H and O–H groups in total. The van der Waals surface area contributed by atoms with Crippen molar-refractivity contribution < 1.29 is 19.4 Å². The Hall–Kier alpha value is -1.10. The molecular weight excluding hydrogens is 246 g/mol. The minimum absolute atomic E-state index is 0.0905. The highest BCUT2D eigenvalue weighted by Crippen LogP contribution is 2.44. The standard InChI is InChI=1S/C14H23NO4/c1-13(12(17)18)5-4-8-15(9-13)11(16)14(10-19-2)6-3-7-14/h3-10H2,1-2H3,(H,17,18). The maximum absolute atomic E-state index is 12.7. The van der Waals surface area contributed by atoms with Crippen molar-refractivity contribution >= 4 is 11.9 Å². The van der Waals surface area contributed by atoms with Crippen molar-refractivity contribution in [2.75, 3.05) is 26.8 Å². The number of carboxylic acids is 1. The number of likely N-dealkylation sites (tertiary alicyclic amines) is 1. The molecule has 0 radical (unpaired) electrons. The van der Waals surface area contributed by atoms with Gasteiger partial charge in [0.15, 0.2) is 0 Å². The summed E-state index contributed by atoms with van der Waals surface area (Å²) in [7, 11) is 1.62. The van der Waals surface area contributed by atoms with Gasteiger partial charge in [-0.2, -0.15) is 0 Å². The van der Waals surface area contributed by atoms with Crippen LogP contribution >= 0.6 is 0 Å². The monoisotopic (exact) mass is 269 g/mol. The van der Waals surface area contributed by atoms with Crippen LogP contribution in [0.4, 0.5) is 0 Å². The number of amides is 1. The van der Waals surface area contributed by atoms with E-state index in [1.807, 2.05) is 0 Å². The van der Waals surface area contributed by atoms with Gasteiger partial charge in [0.25, 0.3) is 0 Å². The van der Waals surface area contributed by atoms with Crippen LogP contribution in [0.25, 0.3) is 0 Å². The number of ether oxygens (including phenoxy) is 1. The summed E-state index contributed by atoms with van der Waals surface area (Å²) < 4.78 is 5.20. The van der Waals surface area contributed by atoms with Crippen LogP contribution in [0.1, 0.15) is 39.0 Å². The van der Waals surface area contributed by atoms with Crippen LogP contribution in [0.2, 0.25) is 0 Å². The van der Waals surface area contributed by atoms with E-state index in [0.29, 0.717) is 26.1 Å². The van der Waals surface area contributed by atoms with Gasteiger partial charge in [-0.1, -0.05) is 6.42 Å². The fourth-order valence-corrected chi connectivity index (χ4v) is 3.22. The lowest BCUT2D eigenvalue weighted by Gasteiger charge is -2.46. The number of rotatable bonds is 4. The van der Waals surface area contributed by atoms with Crippen LogP contribution in [0.5, 0.6) is 0 Å². The summed E-state index contributed by atoms with van der Waals surface area (Å²) in [5.74, 6) is -0.716. The fraction of sp³-hybridized carbons (Fsp3) is 0.857. The number of carbonyl (C=O) groups is 2. The van der Waals surface area contributed by atoms with Gasteiger partial charge in [-0.25, -0.2) is 0 Å². The topological polar surface area (TPSA) is 66.8 Å². The summed E-state index contributed by atoms with van der Waals surface area (Å²) in [5.41, 5.74) is -1.18. The minimum Gasteiger partial charge on any atom is -0.481 e. The molecule has 2 fully saturated rings. The van der Waals surface area contributed by atoms with Crippen molar-refractivity contribution in [3.63, 3.8) is 0 Å². The SMILES string of the molecule is COCC1(C(=O)N2CCCC(C)(C(=O)O)C2)CCC1. The van der Waals surface area contributed by atoms with E-state index in [2.05, 4.69) is 0 Å². The van der Waals surface area contributed by atoms with E-state index in [1.165, 1.54) is 0 Å². The van der Waals surface area contributed by atoms with E-state index in [4.69, 9.17) is 4.74 Å². The maximum Gasteiger partial charge on any atom is 0.311 e. The molecule has 1 heterocycles. The average Bonchev–Trinajstić information content (AvgIpc) is 2.33. The van der Waals surface area contributed by atoms with Gasteiger partial charge in [-0.15, -0.1) is 0 Å². The summed E-state index contributed by atoms with van der Waals surface area (Å²) in [4.78, 5) is 25.7. The Morgan fingerprint density at radius 3 is 2.42 bits per heavy atom. The zero-order valence-corrected chi connectivity index (χ0v) is 11.8. The summed E-state index contributed by atoms with van der Waals surface area (Å²) in [5, 5.41) is 9.31. The van der Waals surface area contributed by atoms with Crippen molar-refractivity contribution in [2.45, 2.75) is 39.0 Å². The second kappa shape index (κ2) is 5.12. The van der Waals surface area contributed by atoms with Gasteiger partial charge >= 0.3 is 5.97 Å². The first-order valence-corrected chi connectivity index (χ1v) is 6.95. The van der Waals surface area contributed by atoms with Crippen LogP contribution in [-0.4, -0.2) is 48.7 Å². The van der Waals surface area contributed by atoms with Crippen molar-refractivity contribution in [3.8, 4) is 0 Å². The Kier molecular flexibility index (Phi) is 3.85. The number of carboxylic acid groups (broad SMARTS) is 1. The first-order chi connectivity index (χ1) is 8.93. The van der Waals surface area contributed by atoms with E-state index < -0.39 is 11.4 Å². The first-order valence-electron chi connectivity index (χ1n) is 6.95. The molecule has 1 aliphatic carbocycles. The van der Waals surface area contributed by atoms with Gasteiger partial charge < -0.3 is 14.7 Å². The van der Waals surface area contributed by atoms with Crippen molar-refractivity contribution in [2.24, 2.45) is 10.8 Å². The van der Waals surface area contributed by atoms with Crippen molar-refractivity contribution in [1.82, 2.24) is 4.90 Å². The fourth-order valence-electron chi connectivity index (χ4n) is 3.22. The Labute approximate surface area is 113 Å². The number of methoxy groups -OCH3 is 1. The largest absolute Gasteiger partial charge is 0.481 e. The Morgan fingerprint density at radius 1 is 1.26 bits per heavy atom. The second-order valence-electron chi connectivity index (χ2n) is 6.26. The normalized spacial score (nSPS) is 29.7. The third-order valence-corrected chi connectivity index (χ3v) is 4.68. The predicted molar refractivity (Wildman–Crippen MR) is 69.7 cm³/mol. The molecule has 19 heavy (non-hydrogen) atoms. The third-order valence-electron chi connectivity index (χ3n) is 4.68. The van der Waals surface area contributed by atoms with E-state index in [1.54, 1.807) is 18.9 Å². The highest BCUT2D eigenvalue weighted by molar-refractivity contribution is 5.85. The Morgan fingerprint density at radius 2 is 1.95 bits per heavy atom. The third kappa shape index (κ3) is 2.48. The van der Waals surface area contributed by atoms with Gasteiger partial charge in [0.05, 0.1) is 17.4 Å². The molecule has 1 unspecified atom stereocenters. The molecule has 5 heteroatoms. The van der Waals surface area contributed by atoms with Gasteiger partial charge in [-0.05, 0) is 32.6 Å². The van der Waals surface area contributed by atoms with Crippen molar-refractivity contribution in [1.29, 1.82) is 0 Å². The molecule has 2 aliphatic rings. The van der Waals surface area contributed by atoms with Crippen LogP contribution in [0.3, 0.4) is 0 Å². The molecule has 0 aromatic carbocycles. The van der Waals surface area contributed by atoms with Crippen molar-refractivity contribution in [3.05, 3.63) is 0 Å². The molecule has 2 rings (SSSR count). The highest BCUT2D eigenvalue weighted by Gasteiger charge is 2.49. The zero-order chi connectivity index (χ0) is 14.1. The lowest BCUT2D eigenvalue weighted by atomic mass is 9.67. The van der Waals surface area contributed by atoms with Crippen LogP contribution in [0, 0.1) is 10.8 Å². The quantitative estimate of drug-likeness (QED) is 0.840. The maximum atomic E-state index is 12.7. The van der Waals surface area contributed by atoms with Gasteiger partial charge in [0, 0.05) is 20.2 Å². The molecule has 0 aromatic rings. The number of aliphatic carboxylic acids is 1. The van der Waals surface area contributed by atoms with E-state index in [9.17, 15) is 14.7 Å². The second-order valence-corrected chi connectivity index (χ2v) is 6.26. The Balaban J connectivity index is 2.09. The smallest absolute Gasteiger partial charge is 0.311 e. The lowest BCUT2D eigenvalue weighted by molar-refractivity contribution is -0.161. The number of carbonyl (C=O) groups excluding carboxylic acids is 1.